The first-order valence-electron chi connectivity index (χ1n) is 5.00. The number of carbonyl (C=O) groups is 1. The first kappa shape index (κ1) is 14.2. The van der Waals surface area contributed by atoms with E-state index in [4.69, 9.17) is 5.73 Å². The number of Topliss-reactive ketones (excluding diaryl/α,β-unsaturated/α-hetero) is 1. The molecule has 0 aliphatic heterocycles. The molecule has 0 heterocycles. The minimum absolute atomic E-state index is 0. The average molecular weight is 175 g/mol. The van der Waals surface area contributed by atoms with Crippen LogP contribution >= 0.6 is 0 Å². The topological polar surface area (TPSA) is 43.1 Å². The second-order valence-corrected chi connectivity index (χ2v) is 2.61. The third kappa shape index (κ3) is 7.73. The summed E-state index contributed by atoms with van der Waals surface area (Å²) >= 11 is 0. The largest absolute Gasteiger partial charge is 0.322 e. The Hall–Kier alpha value is -0.370. The van der Waals surface area contributed by atoms with E-state index in [1.54, 1.807) is 0 Å². The smallest absolute Gasteiger partial charge is 0.149 e. The zero-order chi connectivity index (χ0) is 9.98. The van der Waals surface area contributed by atoms with Crippen molar-refractivity contribution in [1.82, 2.24) is 0 Å². The van der Waals surface area contributed by atoms with Gasteiger partial charge in [0.1, 0.15) is 5.78 Å². The van der Waals surface area contributed by atoms with Gasteiger partial charge in [-0.15, -0.1) is 0 Å². The normalized spacial score (nSPS) is 11.4. The molecule has 0 saturated carbocycles. The maximum absolute atomic E-state index is 11.0. The van der Waals surface area contributed by atoms with Gasteiger partial charge in [0, 0.05) is 7.85 Å². The summed E-state index contributed by atoms with van der Waals surface area (Å²) in [5.74, 6) is 0.212. The summed E-state index contributed by atoms with van der Waals surface area (Å²) in [5.41, 5.74) is 5.56. The van der Waals surface area contributed by atoms with E-state index in [2.05, 4.69) is 0 Å². The van der Waals surface area contributed by atoms with E-state index in [0.717, 1.165) is 19.3 Å². The Morgan fingerprint density at radius 2 is 1.83 bits per heavy atom. The second kappa shape index (κ2) is 10.6. The molecule has 0 spiro atoms. The van der Waals surface area contributed by atoms with Crippen molar-refractivity contribution in [2.45, 2.75) is 59.4 Å². The van der Waals surface area contributed by atoms with Crippen LogP contribution in [0.2, 0.25) is 0 Å². The average Bonchev–Trinajstić information content (AvgIpc) is 2.09. The Labute approximate surface area is 78.0 Å². The third-order valence-corrected chi connectivity index (χ3v) is 1.51. The molecule has 0 bridgehead atoms. The molecule has 0 radical (unpaired) electrons. The molecule has 0 aromatic heterocycles. The second-order valence-electron chi connectivity index (χ2n) is 2.61. The van der Waals surface area contributed by atoms with Gasteiger partial charge in [0.25, 0.3) is 0 Å². The highest BCUT2D eigenvalue weighted by atomic mass is 16.1. The van der Waals surface area contributed by atoms with Gasteiger partial charge in [-0.2, -0.15) is 0 Å². The van der Waals surface area contributed by atoms with Gasteiger partial charge in [0.2, 0.25) is 0 Å². The Bertz CT molecular complexity index is 107. The molecule has 2 N–H and O–H groups in total. The van der Waals surface area contributed by atoms with Crippen molar-refractivity contribution < 1.29 is 6.22 Å². The van der Waals surface area contributed by atoms with Crippen LogP contribution < -0.4 is 5.73 Å². The SMILES string of the molecule is CC.CCCC(=O)C(N)CCC.[HH]. The molecule has 0 aliphatic carbocycles. The molecular weight excluding hydrogens is 150 g/mol. The van der Waals surface area contributed by atoms with Crippen LogP contribution in [-0.4, -0.2) is 11.8 Å². The predicted molar refractivity (Wildman–Crippen MR) is 56.3 cm³/mol. The zero-order valence-electron chi connectivity index (χ0n) is 8.89. The summed E-state index contributed by atoms with van der Waals surface area (Å²) in [6.45, 7) is 8.04. The van der Waals surface area contributed by atoms with Crippen molar-refractivity contribution in [1.29, 1.82) is 0 Å². The fourth-order valence-electron chi connectivity index (χ4n) is 0.904. The Morgan fingerprint density at radius 1 is 1.33 bits per heavy atom. The molecule has 0 fully saturated rings. The number of nitrogens with two attached hydrogens (primary N) is 1. The van der Waals surface area contributed by atoms with Crippen molar-refractivity contribution in [3.63, 3.8) is 0 Å². The van der Waals surface area contributed by atoms with Gasteiger partial charge in [0.15, 0.2) is 0 Å². The van der Waals surface area contributed by atoms with Gasteiger partial charge in [0.05, 0.1) is 6.04 Å². The Morgan fingerprint density at radius 3 is 2.17 bits per heavy atom. The standard InChI is InChI=1S/C8H17NO.C2H6.H2/c1-3-5-7(9)8(10)6-4-2;1-2;/h7H,3-6,9H2,1-2H3;1-2H3;1H. The Balaban J connectivity index is -0.000000309. The fourth-order valence-corrected chi connectivity index (χ4v) is 0.904. The number of hydrogen-bond acceptors (Lipinski definition) is 2. The van der Waals surface area contributed by atoms with Crippen LogP contribution in [-0.2, 0) is 4.79 Å². The van der Waals surface area contributed by atoms with E-state index < -0.39 is 0 Å². The maximum atomic E-state index is 11.0. The molecule has 0 saturated heterocycles. The third-order valence-electron chi connectivity index (χ3n) is 1.51. The minimum Gasteiger partial charge on any atom is -0.322 e. The molecule has 1 atom stereocenters. The number of carbonyl (C=O) groups excluding carboxylic acids is 1. The van der Waals surface area contributed by atoms with Crippen LogP contribution in [0.1, 0.15) is 54.8 Å². The van der Waals surface area contributed by atoms with Crippen LogP contribution in [0.3, 0.4) is 0 Å². The molecule has 0 aliphatic rings. The van der Waals surface area contributed by atoms with Crippen molar-refractivity contribution in [3.8, 4) is 0 Å². The molecule has 0 amide bonds. The summed E-state index contributed by atoms with van der Waals surface area (Å²) < 4.78 is 0. The molecular formula is C10H25NO. The quantitative estimate of drug-likeness (QED) is 0.698. The van der Waals surface area contributed by atoms with Gasteiger partial charge < -0.3 is 5.73 Å². The summed E-state index contributed by atoms with van der Waals surface area (Å²) in [6, 6.07) is -0.204. The minimum atomic E-state index is -0.204. The van der Waals surface area contributed by atoms with Crippen LogP contribution in [0.25, 0.3) is 0 Å². The molecule has 0 aromatic rings. The highest BCUT2D eigenvalue weighted by Gasteiger charge is 2.09. The van der Waals surface area contributed by atoms with Crippen molar-refractivity contribution in [3.05, 3.63) is 0 Å². The first-order valence-corrected chi connectivity index (χ1v) is 5.00. The van der Waals surface area contributed by atoms with Crippen molar-refractivity contribution >= 4 is 5.78 Å². The van der Waals surface area contributed by atoms with E-state index in [0.29, 0.717) is 6.42 Å². The van der Waals surface area contributed by atoms with Crippen LogP contribution in [0.4, 0.5) is 0 Å². The van der Waals surface area contributed by atoms with Gasteiger partial charge in [-0.1, -0.05) is 34.1 Å². The number of hydrogen-bond donors (Lipinski definition) is 1. The highest BCUT2D eigenvalue weighted by Crippen LogP contribution is 1.99. The zero-order valence-corrected chi connectivity index (χ0v) is 8.89. The number of ketones is 1. The first-order chi connectivity index (χ1) is 5.72. The lowest BCUT2D eigenvalue weighted by atomic mass is 10.1. The monoisotopic (exact) mass is 175 g/mol. The van der Waals surface area contributed by atoms with Crippen LogP contribution in [0, 0.1) is 0 Å². The van der Waals surface area contributed by atoms with Crippen LogP contribution in [0.5, 0.6) is 0 Å². The molecule has 0 aromatic carbocycles. The predicted octanol–water partition coefficient (Wildman–Crippen LogP) is 2.76. The molecule has 12 heavy (non-hydrogen) atoms. The van der Waals surface area contributed by atoms with Crippen LogP contribution in [0.15, 0.2) is 0 Å². The molecule has 0 rings (SSSR count). The Kier molecular flexibility index (Phi) is 12.6. The van der Waals surface area contributed by atoms with E-state index in [-0.39, 0.29) is 13.3 Å². The summed E-state index contributed by atoms with van der Waals surface area (Å²) in [5, 5.41) is 0. The highest BCUT2D eigenvalue weighted by molar-refractivity contribution is 5.83. The van der Waals surface area contributed by atoms with E-state index in [1.165, 1.54) is 0 Å². The molecule has 2 nitrogen and oxygen atoms in total. The number of rotatable bonds is 5. The summed E-state index contributed by atoms with van der Waals surface area (Å²) in [6.07, 6.45) is 3.38. The van der Waals surface area contributed by atoms with E-state index >= 15 is 0 Å². The summed E-state index contributed by atoms with van der Waals surface area (Å²) in [4.78, 5) is 11.0. The van der Waals surface area contributed by atoms with E-state index in [1.807, 2.05) is 27.7 Å². The lowest BCUT2D eigenvalue weighted by Crippen LogP contribution is -2.29. The lowest BCUT2D eigenvalue weighted by molar-refractivity contribution is -0.120. The summed E-state index contributed by atoms with van der Waals surface area (Å²) in [7, 11) is 0. The van der Waals surface area contributed by atoms with Gasteiger partial charge >= 0.3 is 0 Å². The van der Waals surface area contributed by atoms with Crippen molar-refractivity contribution in [2.75, 3.05) is 0 Å². The van der Waals surface area contributed by atoms with Gasteiger partial charge in [-0.3, -0.25) is 4.79 Å². The van der Waals surface area contributed by atoms with E-state index in [9.17, 15) is 4.79 Å². The van der Waals surface area contributed by atoms with Gasteiger partial charge in [-0.05, 0) is 12.8 Å². The maximum Gasteiger partial charge on any atom is 0.149 e. The molecule has 76 valence electrons. The molecule has 2 heteroatoms. The lowest BCUT2D eigenvalue weighted by Gasteiger charge is -2.06. The fraction of sp³-hybridized carbons (Fsp3) is 0.900. The van der Waals surface area contributed by atoms with Gasteiger partial charge in [-0.25, -0.2) is 0 Å². The molecule has 1 unspecified atom stereocenters. The van der Waals surface area contributed by atoms with Crippen molar-refractivity contribution in [2.24, 2.45) is 5.73 Å².